The van der Waals surface area contributed by atoms with Crippen LogP contribution in [0.15, 0.2) is 24.3 Å². The van der Waals surface area contributed by atoms with Crippen LogP contribution in [0.25, 0.3) is 0 Å². The van der Waals surface area contributed by atoms with Crippen molar-refractivity contribution in [3.05, 3.63) is 24.3 Å². The Morgan fingerprint density at radius 2 is 1.88 bits per heavy atom. The molecule has 1 aliphatic carbocycles. The molecule has 1 aliphatic rings. The van der Waals surface area contributed by atoms with Crippen molar-refractivity contribution < 1.29 is 4.79 Å². The van der Waals surface area contributed by atoms with E-state index in [-0.39, 0.29) is 16.7 Å². The fraction of sp³-hybridized carbons (Fsp3) is 0.667. The van der Waals surface area contributed by atoms with Crippen LogP contribution < -0.4 is 5.73 Å². The van der Waals surface area contributed by atoms with E-state index in [0.29, 0.717) is 6.42 Å². The second-order valence-corrected chi connectivity index (χ2v) is 6.19. The van der Waals surface area contributed by atoms with Gasteiger partial charge in [0.15, 0.2) is 0 Å². The zero-order valence-corrected chi connectivity index (χ0v) is 11.7. The Hall–Kier alpha value is -1.05. The predicted molar refractivity (Wildman–Crippen MR) is 72.4 cm³/mol. The van der Waals surface area contributed by atoms with Crippen LogP contribution in [0.3, 0.4) is 0 Å². The van der Waals surface area contributed by atoms with E-state index in [9.17, 15) is 4.79 Å². The van der Waals surface area contributed by atoms with E-state index >= 15 is 0 Å². The highest BCUT2D eigenvalue weighted by molar-refractivity contribution is 5.84. The van der Waals surface area contributed by atoms with Gasteiger partial charge in [0.2, 0.25) is 5.91 Å². The summed E-state index contributed by atoms with van der Waals surface area (Å²) in [4.78, 5) is 12.0. The van der Waals surface area contributed by atoms with E-state index in [0.717, 1.165) is 6.42 Å². The van der Waals surface area contributed by atoms with E-state index in [1.807, 2.05) is 24.3 Å². The average molecular weight is 235 g/mol. The van der Waals surface area contributed by atoms with Gasteiger partial charge < -0.3 is 5.73 Å². The van der Waals surface area contributed by atoms with Crippen molar-refractivity contribution in [2.75, 3.05) is 0 Å². The van der Waals surface area contributed by atoms with Gasteiger partial charge in [0.1, 0.15) is 0 Å². The third kappa shape index (κ3) is 1.94. The summed E-state index contributed by atoms with van der Waals surface area (Å²) in [6, 6.07) is 0. The molecule has 0 bridgehead atoms. The summed E-state index contributed by atoms with van der Waals surface area (Å²) in [5.74, 6) is -0.218. The Morgan fingerprint density at radius 1 is 1.29 bits per heavy atom. The average Bonchev–Trinajstić information content (AvgIpc) is 2.29. The predicted octanol–water partition coefficient (Wildman–Crippen LogP) is 3.44. The van der Waals surface area contributed by atoms with E-state index < -0.39 is 5.41 Å². The van der Waals surface area contributed by atoms with Gasteiger partial charge in [-0.15, -0.1) is 0 Å². The summed E-state index contributed by atoms with van der Waals surface area (Å²) in [5.41, 5.74) is 5.02. The van der Waals surface area contributed by atoms with Crippen molar-refractivity contribution >= 4 is 5.91 Å². The first-order chi connectivity index (χ1) is 7.71. The Labute approximate surface area is 105 Å². The summed E-state index contributed by atoms with van der Waals surface area (Å²) in [5, 5.41) is 0. The third-order valence-electron chi connectivity index (χ3n) is 5.20. The van der Waals surface area contributed by atoms with Crippen molar-refractivity contribution in [1.82, 2.24) is 0 Å². The molecule has 0 heterocycles. The SMILES string of the molecule is CCC(C)(C)C(C)(C)C1(C(N)=O)C=CC=CC1. The van der Waals surface area contributed by atoms with Crippen LogP contribution in [0, 0.1) is 16.2 Å². The summed E-state index contributed by atoms with van der Waals surface area (Å²) in [6.07, 6.45) is 9.69. The van der Waals surface area contributed by atoms with Gasteiger partial charge in [-0.1, -0.05) is 65.3 Å². The van der Waals surface area contributed by atoms with E-state index in [1.165, 1.54) is 0 Å². The summed E-state index contributed by atoms with van der Waals surface area (Å²) < 4.78 is 0. The van der Waals surface area contributed by atoms with Crippen molar-refractivity contribution in [1.29, 1.82) is 0 Å². The molecule has 1 rings (SSSR count). The lowest BCUT2D eigenvalue weighted by molar-refractivity contribution is -0.136. The van der Waals surface area contributed by atoms with Crippen LogP contribution in [0.5, 0.6) is 0 Å². The highest BCUT2D eigenvalue weighted by atomic mass is 16.1. The Morgan fingerprint density at radius 3 is 2.24 bits per heavy atom. The van der Waals surface area contributed by atoms with Crippen LogP contribution in [0.4, 0.5) is 0 Å². The lowest BCUT2D eigenvalue weighted by Crippen LogP contribution is -2.53. The monoisotopic (exact) mass is 235 g/mol. The topological polar surface area (TPSA) is 43.1 Å². The molecule has 1 unspecified atom stereocenters. The molecule has 2 nitrogen and oxygen atoms in total. The quantitative estimate of drug-likeness (QED) is 0.797. The number of carbonyl (C=O) groups is 1. The smallest absolute Gasteiger partial charge is 0.228 e. The lowest BCUT2D eigenvalue weighted by atomic mass is 9.51. The molecule has 96 valence electrons. The first-order valence-electron chi connectivity index (χ1n) is 6.35. The molecule has 0 aromatic heterocycles. The van der Waals surface area contributed by atoms with Gasteiger partial charge in [-0.05, 0) is 17.3 Å². The van der Waals surface area contributed by atoms with Crippen LogP contribution in [0.2, 0.25) is 0 Å². The molecule has 0 aliphatic heterocycles. The van der Waals surface area contributed by atoms with E-state index in [2.05, 4.69) is 34.6 Å². The number of nitrogens with two attached hydrogens (primary N) is 1. The van der Waals surface area contributed by atoms with Gasteiger partial charge in [-0.3, -0.25) is 4.79 Å². The highest BCUT2D eigenvalue weighted by Gasteiger charge is 2.54. The van der Waals surface area contributed by atoms with Gasteiger partial charge in [0, 0.05) is 0 Å². The van der Waals surface area contributed by atoms with Crippen molar-refractivity contribution in [2.24, 2.45) is 22.0 Å². The summed E-state index contributed by atoms with van der Waals surface area (Å²) in [6.45, 7) is 10.9. The zero-order valence-electron chi connectivity index (χ0n) is 11.7. The largest absolute Gasteiger partial charge is 0.369 e. The number of carbonyl (C=O) groups excluding carboxylic acids is 1. The molecule has 0 saturated carbocycles. The molecule has 0 fully saturated rings. The zero-order chi connectivity index (χ0) is 13.3. The molecular formula is C15H25NO. The highest BCUT2D eigenvalue weighted by Crippen LogP contribution is 2.56. The fourth-order valence-corrected chi connectivity index (χ4v) is 2.62. The van der Waals surface area contributed by atoms with Crippen LogP contribution in [-0.4, -0.2) is 5.91 Å². The minimum atomic E-state index is -0.568. The second-order valence-electron chi connectivity index (χ2n) is 6.19. The van der Waals surface area contributed by atoms with Crippen LogP contribution in [0.1, 0.15) is 47.5 Å². The Balaban J connectivity index is 3.30. The number of allylic oxidation sites excluding steroid dienone is 3. The maximum atomic E-state index is 12.0. The Kier molecular flexibility index (Phi) is 3.56. The molecule has 2 heteroatoms. The fourth-order valence-electron chi connectivity index (χ4n) is 2.62. The Bertz CT molecular complexity index is 363. The van der Waals surface area contributed by atoms with Crippen molar-refractivity contribution in [2.45, 2.75) is 47.5 Å². The molecule has 17 heavy (non-hydrogen) atoms. The summed E-state index contributed by atoms with van der Waals surface area (Å²) >= 11 is 0. The minimum Gasteiger partial charge on any atom is -0.369 e. The number of hydrogen-bond acceptors (Lipinski definition) is 1. The van der Waals surface area contributed by atoms with E-state index in [4.69, 9.17) is 5.73 Å². The van der Waals surface area contributed by atoms with E-state index in [1.54, 1.807) is 0 Å². The third-order valence-corrected chi connectivity index (χ3v) is 5.20. The molecule has 1 atom stereocenters. The molecule has 0 radical (unpaired) electrons. The van der Waals surface area contributed by atoms with Gasteiger partial charge in [0.05, 0.1) is 5.41 Å². The normalized spacial score (nSPS) is 25.0. The maximum absolute atomic E-state index is 12.0. The lowest BCUT2D eigenvalue weighted by Gasteiger charge is -2.52. The minimum absolute atomic E-state index is 0.0531. The molecule has 0 saturated heterocycles. The number of hydrogen-bond donors (Lipinski definition) is 1. The molecular weight excluding hydrogens is 210 g/mol. The second kappa shape index (κ2) is 4.32. The van der Waals surface area contributed by atoms with Crippen LogP contribution >= 0.6 is 0 Å². The first kappa shape index (κ1) is 14.0. The van der Waals surface area contributed by atoms with Gasteiger partial charge in [-0.2, -0.15) is 0 Å². The number of rotatable bonds is 4. The molecule has 0 aromatic carbocycles. The maximum Gasteiger partial charge on any atom is 0.228 e. The number of amides is 1. The van der Waals surface area contributed by atoms with Crippen LogP contribution in [-0.2, 0) is 4.79 Å². The van der Waals surface area contributed by atoms with Crippen molar-refractivity contribution in [3.8, 4) is 0 Å². The molecule has 1 amide bonds. The number of primary amides is 1. The first-order valence-corrected chi connectivity index (χ1v) is 6.35. The summed E-state index contributed by atoms with van der Waals surface area (Å²) in [7, 11) is 0. The molecule has 2 N–H and O–H groups in total. The van der Waals surface area contributed by atoms with Gasteiger partial charge >= 0.3 is 0 Å². The molecule has 0 aromatic rings. The standard InChI is InChI=1S/C15H25NO/c1-6-13(2,3)14(4,5)15(12(16)17)10-8-7-9-11-15/h7-10H,6,11H2,1-5H3,(H2,16,17). The van der Waals surface area contributed by atoms with Gasteiger partial charge in [0.25, 0.3) is 0 Å². The molecule has 0 spiro atoms. The van der Waals surface area contributed by atoms with Crippen molar-refractivity contribution in [3.63, 3.8) is 0 Å². The van der Waals surface area contributed by atoms with Gasteiger partial charge in [-0.25, -0.2) is 0 Å².